The van der Waals surface area contributed by atoms with E-state index in [9.17, 15) is 14.7 Å². The van der Waals surface area contributed by atoms with Crippen LogP contribution in [0.4, 0.5) is 0 Å². The lowest BCUT2D eigenvalue weighted by atomic mass is 10.1. The van der Waals surface area contributed by atoms with E-state index in [0.29, 0.717) is 12.8 Å². The second-order valence-corrected chi connectivity index (χ2v) is 12.0. The third kappa shape index (κ3) is 32.8. The van der Waals surface area contributed by atoms with Gasteiger partial charge in [-0.2, -0.15) is 0 Å². The highest BCUT2D eigenvalue weighted by Gasteiger charge is 2.15. The molecule has 1 N–H and O–H groups in total. The van der Waals surface area contributed by atoms with Gasteiger partial charge in [0.1, 0.15) is 6.61 Å². The van der Waals surface area contributed by atoms with Gasteiger partial charge in [-0.25, -0.2) is 0 Å². The van der Waals surface area contributed by atoms with Gasteiger partial charge in [-0.3, -0.25) is 9.59 Å². The van der Waals surface area contributed by atoms with Crippen molar-refractivity contribution in [2.75, 3.05) is 13.2 Å². The molecule has 0 saturated heterocycles. The van der Waals surface area contributed by atoms with E-state index >= 15 is 0 Å². The standard InChI is InChI=1S/C39H68O5/c1-3-5-7-9-11-13-14-15-16-17-18-19-20-21-22-23-24-26-28-30-32-34-39(42)44-37(35-40)36-43-38(41)33-31-29-27-25-12-10-8-6-4-2/h16-17,19-20,22-23,26,28,37,40H,3-15,18,21,24-25,27,29-36H2,1-2H3/b17-16+,20-19+,23-22+,28-26+/t37-/m0/s1. The van der Waals surface area contributed by atoms with E-state index in [0.717, 1.165) is 44.9 Å². The van der Waals surface area contributed by atoms with Crippen molar-refractivity contribution in [3.8, 4) is 0 Å². The van der Waals surface area contributed by atoms with Crippen LogP contribution in [0.5, 0.6) is 0 Å². The van der Waals surface area contributed by atoms with Crippen LogP contribution in [0, 0.1) is 0 Å². The molecule has 0 aromatic heterocycles. The normalized spacial score (nSPS) is 12.7. The zero-order valence-corrected chi connectivity index (χ0v) is 28.7. The molecule has 0 aromatic carbocycles. The maximum atomic E-state index is 12.1. The van der Waals surface area contributed by atoms with Crippen LogP contribution >= 0.6 is 0 Å². The minimum absolute atomic E-state index is 0.0874. The molecule has 254 valence electrons. The third-order valence-electron chi connectivity index (χ3n) is 7.63. The van der Waals surface area contributed by atoms with E-state index < -0.39 is 6.10 Å². The Morgan fingerprint density at radius 2 is 0.932 bits per heavy atom. The Labute approximate surface area is 271 Å². The molecule has 0 bridgehead atoms. The largest absolute Gasteiger partial charge is 0.462 e. The highest BCUT2D eigenvalue weighted by Crippen LogP contribution is 2.12. The molecular weight excluding hydrogens is 548 g/mol. The number of hydrogen-bond acceptors (Lipinski definition) is 5. The minimum atomic E-state index is -0.796. The Kier molecular flexibility index (Phi) is 33.6. The molecule has 0 aliphatic heterocycles. The molecule has 1 atom stereocenters. The van der Waals surface area contributed by atoms with E-state index in [1.807, 2.05) is 0 Å². The summed E-state index contributed by atoms with van der Waals surface area (Å²) in [6.07, 6.45) is 43.2. The minimum Gasteiger partial charge on any atom is -0.462 e. The number of rotatable bonds is 32. The molecule has 5 nitrogen and oxygen atoms in total. The van der Waals surface area contributed by atoms with Gasteiger partial charge in [-0.05, 0) is 51.4 Å². The zero-order valence-electron chi connectivity index (χ0n) is 28.7. The van der Waals surface area contributed by atoms with Crippen LogP contribution in [-0.2, 0) is 19.1 Å². The number of ether oxygens (including phenoxy) is 2. The maximum Gasteiger partial charge on any atom is 0.306 e. The molecule has 0 spiro atoms. The molecular formula is C39H68O5. The lowest BCUT2D eigenvalue weighted by Gasteiger charge is -2.15. The van der Waals surface area contributed by atoms with E-state index in [4.69, 9.17) is 9.47 Å². The predicted octanol–water partition coefficient (Wildman–Crippen LogP) is 11.1. The molecule has 0 saturated carbocycles. The molecule has 0 fully saturated rings. The predicted molar refractivity (Wildman–Crippen MR) is 187 cm³/mol. The molecule has 0 unspecified atom stereocenters. The monoisotopic (exact) mass is 617 g/mol. The number of carbonyl (C=O) groups excluding carboxylic acids is 2. The van der Waals surface area contributed by atoms with Gasteiger partial charge in [0.25, 0.3) is 0 Å². The first-order chi connectivity index (χ1) is 21.6. The summed E-state index contributed by atoms with van der Waals surface area (Å²) in [4.78, 5) is 24.1. The van der Waals surface area contributed by atoms with Crippen molar-refractivity contribution in [2.24, 2.45) is 0 Å². The summed E-state index contributed by atoms with van der Waals surface area (Å²) >= 11 is 0. The second kappa shape index (κ2) is 35.3. The number of esters is 2. The number of aliphatic hydroxyl groups excluding tert-OH is 1. The number of allylic oxidation sites excluding steroid dienone is 8. The van der Waals surface area contributed by atoms with Crippen molar-refractivity contribution in [2.45, 2.75) is 174 Å². The summed E-state index contributed by atoms with van der Waals surface area (Å²) in [5, 5.41) is 9.49. The van der Waals surface area contributed by atoms with Gasteiger partial charge in [0.15, 0.2) is 6.10 Å². The summed E-state index contributed by atoms with van der Waals surface area (Å²) in [5.41, 5.74) is 0. The number of unbranched alkanes of at least 4 members (excludes halogenated alkanes) is 16. The van der Waals surface area contributed by atoms with Crippen molar-refractivity contribution >= 4 is 11.9 Å². The summed E-state index contributed by atoms with van der Waals surface area (Å²) in [5.74, 6) is -0.661. The quantitative estimate of drug-likeness (QED) is 0.0462. The SMILES string of the molecule is CCCCCCCCC/C=C/C/C=C/C/C=C/C/C=C/CCCC(=O)O[C@@H](CO)COC(=O)CCCCCCCCCCC. The fourth-order valence-corrected chi connectivity index (χ4v) is 4.84. The van der Waals surface area contributed by atoms with Gasteiger partial charge in [0, 0.05) is 12.8 Å². The van der Waals surface area contributed by atoms with Crippen LogP contribution in [0.1, 0.15) is 168 Å². The molecule has 0 aliphatic rings. The number of carbonyl (C=O) groups is 2. The van der Waals surface area contributed by atoms with Crippen LogP contribution in [0.3, 0.4) is 0 Å². The number of aliphatic hydroxyl groups is 1. The average Bonchev–Trinajstić information content (AvgIpc) is 3.02. The van der Waals surface area contributed by atoms with Crippen LogP contribution in [0.15, 0.2) is 48.6 Å². The van der Waals surface area contributed by atoms with Gasteiger partial charge in [0.05, 0.1) is 6.61 Å². The van der Waals surface area contributed by atoms with Gasteiger partial charge in [-0.1, -0.05) is 152 Å². The van der Waals surface area contributed by atoms with Crippen molar-refractivity contribution in [1.29, 1.82) is 0 Å². The zero-order chi connectivity index (χ0) is 32.2. The fraction of sp³-hybridized carbons (Fsp3) is 0.744. The van der Waals surface area contributed by atoms with Crippen LogP contribution in [0.25, 0.3) is 0 Å². The molecule has 0 aromatic rings. The summed E-state index contributed by atoms with van der Waals surface area (Å²) in [7, 11) is 0. The summed E-state index contributed by atoms with van der Waals surface area (Å²) in [6.45, 7) is 4.05. The molecule has 0 amide bonds. The molecule has 0 radical (unpaired) electrons. The van der Waals surface area contributed by atoms with Crippen molar-refractivity contribution in [3.63, 3.8) is 0 Å². The topological polar surface area (TPSA) is 72.8 Å². The van der Waals surface area contributed by atoms with Crippen molar-refractivity contribution in [3.05, 3.63) is 48.6 Å². The Bertz CT molecular complexity index is 752. The smallest absolute Gasteiger partial charge is 0.306 e. The first-order valence-electron chi connectivity index (χ1n) is 18.2. The molecule has 5 heteroatoms. The lowest BCUT2D eigenvalue weighted by Crippen LogP contribution is -2.28. The third-order valence-corrected chi connectivity index (χ3v) is 7.63. The molecule has 0 aliphatic carbocycles. The van der Waals surface area contributed by atoms with Gasteiger partial charge in [-0.15, -0.1) is 0 Å². The molecule has 0 rings (SSSR count). The van der Waals surface area contributed by atoms with E-state index in [-0.39, 0.29) is 31.6 Å². The Hall–Kier alpha value is -2.14. The Balaban J connectivity index is 3.69. The van der Waals surface area contributed by atoms with E-state index in [1.54, 1.807) is 0 Å². The maximum absolute atomic E-state index is 12.1. The van der Waals surface area contributed by atoms with E-state index in [1.165, 1.54) is 89.9 Å². The Morgan fingerprint density at radius 1 is 0.523 bits per heavy atom. The molecule has 0 heterocycles. The Morgan fingerprint density at radius 3 is 1.43 bits per heavy atom. The first-order valence-corrected chi connectivity index (χ1v) is 18.2. The highest BCUT2D eigenvalue weighted by atomic mass is 16.6. The van der Waals surface area contributed by atoms with Crippen molar-refractivity contribution < 1.29 is 24.2 Å². The van der Waals surface area contributed by atoms with Crippen LogP contribution in [0.2, 0.25) is 0 Å². The summed E-state index contributed by atoms with van der Waals surface area (Å²) < 4.78 is 10.5. The van der Waals surface area contributed by atoms with Crippen molar-refractivity contribution in [1.82, 2.24) is 0 Å². The highest BCUT2D eigenvalue weighted by molar-refractivity contribution is 5.70. The lowest BCUT2D eigenvalue weighted by molar-refractivity contribution is -0.161. The molecule has 44 heavy (non-hydrogen) atoms. The van der Waals surface area contributed by atoms with Gasteiger partial charge < -0.3 is 14.6 Å². The number of hydrogen-bond donors (Lipinski definition) is 1. The van der Waals surface area contributed by atoms with Gasteiger partial charge in [0.2, 0.25) is 0 Å². The van der Waals surface area contributed by atoms with E-state index in [2.05, 4.69) is 62.5 Å². The second-order valence-electron chi connectivity index (χ2n) is 12.0. The summed E-state index contributed by atoms with van der Waals surface area (Å²) in [6, 6.07) is 0. The van der Waals surface area contributed by atoms with Crippen LogP contribution in [-0.4, -0.2) is 36.4 Å². The van der Waals surface area contributed by atoms with Crippen LogP contribution < -0.4 is 0 Å². The first kappa shape index (κ1) is 41.9. The van der Waals surface area contributed by atoms with Gasteiger partial charge >= 0.3 is 11.9 Å². The fourth-order valence-electron chi connectivity index (χ4n) is 4.84. The average molecular weight is 617 g/mol.